The van der Waals surface area contributed by atoms with Crippen LogP contribution in [0.2, 0.25) is 0 Å². The predicted octanol–water partition coefficient (Wildman–Crippen LogP) is 6.94. The van der Waals surface area contributed by atoms with Gasteiger partial charge in [-0.3, -0.25) is 14.5 Å². The zero-order valence-corrected chi connectivity index (χ0v) is 21.8. The van der Waals surface area contributed by atoms with Crippen LogP contribution in [-0.4, -0.2) is 23.9 Å². The smallest absolute Gasteiger partial charge is 0.300 e. The molecule has 0 aliphatic carbocycles. The number of rotatable bonds is 6. The fourth-order valence-electron chi connectivity index (χ4n) is 4.56. The Labute approximate surface area is 210 Å². The van der Waals surface area contributed by atoms with Crippen LogP contribution in [0.25, 0.3) is 5.76 Å². The van der Waals surface area contributed by atoms with Gasteiger partial charge in [-0.15, -0.1) is 11.3 Å². The highest BCUT2D eigenvalue weighted by Crippen LogP contribution is 2.44. The van der Waals surface area contributed by atoms with E-state index in [1.807, 2.05) is 74.7 Å². The Kier molecular flexibility index (Phi) is 6.86. The van der Waals surface area contributed by atoms with Crippen molar-refractivity contribution in [2.24, 2.45) is 0 Å². The van der Waals surface area contributed by atoms with Gasteiger partial charge in [0, 0.05) is 16.1 Å². The lowest BCUT2D eigenvalue weighted by atomic mass is 9.92. The SMILES string of the molecule is COc1cc(C)c(/C(O)=C2\C(=O)C(=O)N(c3ccc(C(C)C)cc3)C2c2cccs2)cc1C(C)C. The molecule has 0 saturated carbocycles. The summed E-state index contributed by atoms with van der Waals surface area (Å²) in [5, 5.41) is 13.5. The predicted molar refractivity (Wildman–Crippen MR) is 141 cm³/mol. The minimum Gasteiger partial charge on any atom is -0.507 e. The molecule has 1 saturated heterocycles. The molecule has 1 aliphatic rings. The Hall–Kier alpha value is -3.38. The molecule has 1 atom stereocenters. The van der Waals surface area contributed by atoms with E-state index < -0.39 is 17.7 Å². The highest BCUT2D eigenvalue weighted by Gasteiger charge is 2.47. The molecule has 1 N–H and O–H groups in total. The molecule has 0 spiro atoms. The van der Waals surface area contributed by atoms with E-state index >= 15 is 0 Å². The third-order valence-electron chi connectivity index (χ3n) is 6.55. The van der Waals surface area contributed by atoms with Crippen LogP contribution in [0.15, 0.2) is 59.5 Å². The highest BCUT2D eigenvalue weighted by atomic mass is 32.1. The number of benzene rings is 2. The van der Waals surface area contributed by atoms with Crippen molar-refractivity contribution in [3.8, 4) is 5.75 Å². The number of carbonyl (C=O) groups is 2. The molecule has 182 valence electrons. The molecule has 1 unspecified atom stereocenters. The zero-order valence-electron chi connectivity index (χ0n) is 21.0. The monoisotopic (exact) mass is 489 g/mol. The van der Waals surface area contributed by atoms with E-state index in [0.717, 1.165) is 27.3 Å². The number of hydrogen-bond donors (Lipinski definition) is 1. The number of anilines is 1. The first kappa shape index (κ1) is 24.7. The topological polar surface area (TPSA) is 66.8 Å². The molecule has 4 rings (SSSR count). The summed E-state index contributed by atoms with van der Waals surface area (Å²) in [6.45, 7) is 10.2. The summed E-state index contributed by atoms with van der Waals surface area (Å²) in [5.41, 5.74) is 4.10. The second-order valence-corrected chi connectivity index (χ2v) is 10.5. The number of nitrogens with zero attached hydrogens (tertiary/aromatic N) is 1. The number of aliphatic hydroxyl groups excluding tert-OH is 1. The second-order valence-electron chi connectivity index (χ2n) is 9.49. The molecule has 2 heterocycles. The van der Waals surface area contributed by atoms with Crippen molar-refractivity contribution < 1.29 is 19.4 Å². The summed E-state index contributed by atoms with van der Waals surface area (Å²) in [4.78, 5) is 29.1. The van der Waals surface area contributed by atoms with Crippen molar-refractivity contribution in [1.82, 2.24) is 0 Å². The molecule has 0 bridgehead atoms. The van der Waals surface area contributed by atoms with Gasteiger partial charge in [0.15, 0.2) is 0 Å². The molecule has 1 aromatic heterocycles. The van der Waals surface area contributed by atoms with Crippen LogP contribution in [0.5, 0.6) is 5.75 Å². The average molecular weight is 490 g/mol. The van der Waals surface area contributed by atoms with Crippen LogP contribution in [0.3, 0.4) is 0 Å². The molecule has 5 nitrogen and oxygen atoms in total. The van der Waals surface area contributed by atoms with Crippen molar-refractivity contribution in [3.63, 3.8) is 0 Å². The van der Waals surface area contributed by atoms with Crippen molar-refractivity contribution in [3.05, 3.63) is 86.6 Å². The summed E-state index contributed by atoms with van der Waals surface area (Å²) in [6, 6.07) is 14.5. The zero-order chi connectivity index (χ0) is 25.4. The second kappa shape index (κ2) is 9.70. The number of aliphatic hydroxyl groups is 1. The van der Waals surface area contributed by atoms with Gasteiger partial charge in [-0.25, -0.2) is 0 Å². The van der Waals surface area contributed by atoms with Gasteiger partial charge in [-0.1, -0.05) is 45.9 Å². The molecule has 6 heteroatoms. The van der Waals surface area contributed by atoms with Crippen LogP contribution in [0, 0.1) is 6.92 Å². The number of methoxy groups -OCH3 is 1. The van der Waals surface area contributed by atoms with Gasteiger partial charge in [0.2, 0.25) is 0 Å². The van der Waals surface area contributed by atoms with Crippen LogP contribution < -0.4 is 9.64 Å². The van der Waals surface area contributed by atoms with Gasteiger partial charge in [0.05, 0.1) is 12.7 Å². The summed E-state index contributed by atoms with van der Waals surface area (Å²) in [7, 11) is 1.62. The number of ketones is 1. The Morgan fingerprint density at radius 3 is 2.26 bits per heavy atom. The van der Waals surface area contributed by atoms with Gasteiger partial charge in [0.25, 0.3) is 11.7 Å². The van der Waals surface area contributed by atoms with E-state index in [1.54, 1.807) is 7.11 Å². The van der Waals surface area contributed by atoms with Crippen LogP contribution in [0.1, 0.15) is 72.7 Å². The summed E-state index contributed by atoms with van der Waals surface area (Å²) in [5.74, 6) is -0.264. The fourth-order valence-corrected chi connectivity index (χ4v) is 5.38. The van der Waals surface area contributed by atoms with Crippen molar-refractivity contribution in [1.29, 1.82) is 0 Å². The van der Waals surface area contributed by atoms with Crippen molar-refractivity contribution in [2.75, 3.05) is 12.0 Å². The number of ether oxygens (including phenoxy) is 1. The molecule has 3 aromatic rings. The molecular weight excluding hydrogens is 458 g/mol. The lowest BCUT2D eigenvalue weighted by Gasteiger charge is -2.25. The van der Waals surface area contributed by atoms with Gasteiger partial charge >= 0.3 is 0 Å². The first-order valence-electron chi connectivity index (χ1n) is 11.8. The van der Waals surface area contributed by atoms with Crippen molar-refractivity contribution >= 4 is 34.5 Å². The summed E-state index contributed by atoms with van der Waals surface area (Å²) >= 11 is 1.45. The number of hydrogen-bond acceptors (Lipinski definition) is 5. The Morgan fingerprint density at radius 2 is 1.71 bits per heavy atom. The van der Waals surface area contributed by atoms with Gasteiger partial charge in [-0.05, 0) is 71.2 Å². The molecule has 35 heavy (non-hydrogen) atoms. The summed E-state index contributed by atoms with van der Waals surface area (Å²) in [6.07, 6.45) is 0. The van der Waals surface area contributed by atoms with Gasteiger partial charge in [-0.2, -0.15) is 0 Å². The van der Waals surface area contributed by atoms with Crippen LogP contribution >= 0.6 is 11.3 Å². The number of aryl methyl sites for hydroxylation is 1. The minimum absolute atomic E-state index is 0.105. The summed E-state index contributed by atoms with van der Waals surface area (Å²) < 4.78 is 5.54. The maximum Gasteiger partial charge on any atom is 0.300 e. The maximum atomic E-state index is 13.4. The highest BCUT2D eigenvalue weighted by molar-refractivity contribution is 7.10. The van der Waals surface area contributed by atoms with Crippen LogP contribution in [0.4, 0.5) is 5.69 Å². The van der Waals surface area contributed by atoms with E-state index in [0.29, 0.717) is 17.2 Å². The Morgan fingerprint density at radius 1 is 1.03 bits per heavy atom. The van der Waals surface area contributed by atoms with E-state index in [4.69, 9.17) is 4.74 Å². The third-order valence-corrected chi connectivity index (χ3v) is 7.47. The minimum atomic E-state index is -0.705. The molecule has 1 amide bonds. The standard InChI is InChI=1S/C29H31NO4S/c1-16(2)19-9-11-20(12-10-19)30-26(24-8-7-13-35-24)25(28(32)29(30)33)27(31)22-15-21(17(3)4)23(34-6)14-18(22)5/h7-17,26,31H,1-6H3/b27-25+. The normalized spacial score (nSPS) is 17.6. The number of amides is 1. The number of thiophene rings is 1. The molecule has 1 aliphatic heterocycles. The van der Waals surface area contributed by atoms with E-state index in [1.165, 1.54) is 16.2 Å². The quantitative estimate of drug-likeness (QED) is 0.231. The maximum absolute atomic E-state index is 13.4. The first-order valence-corrected chi connectivity index (χ1v) is 12.7. The third kappa shape index (κ3) is 4.39. The molecule has 1 fully saturated rings. The van der Waals surface area contributed by atoms with E-state index in [2.05, 4.69) is 13.8 Å². The Bertz CT molecular complexity index is 1290. The van der Waals surface area contributed by atoms with Gasteiger partial charge < -0.3 is 9.84 Å². The average Bonchev–Trinajstić information content (AvgIpc) is 3.45. The molecular formula is C29H31NO4S. The first-order chi connectivity index (χ1) is 16.6. The Balaban J connectivity index is 1.92. The number of carbonyl (C=O) groups excluding carboxylic acids is 2. The lowest BCUT2D eigenvalue weighted by molar-refractivity contribution is -0.132. The molecule has 0 radical (unpaired) electrons. The largest absolute Gasteiger partial charge is 0.507 e. The molecule has 2 aromatic carbocycles. The fraction of sp³-hybridized carbons (Fsp3) is 0.310. The van der Waals surface area contributed by atoms with Crippen molar-refractivity contribution in [2.45, 2.75) is 52.5 Å². The van der Waals surface area contributed by atoms with Gasteiger partial charge in [0.1, 0.15) is 17.6 Å². The van der Waals surface area contributed by atoms with E-state index in [9.17, 15) is 14.7 Å². The number of Topliss-reactive ketones (excluding diaryl/α,β-unsaturated/α-hetero) is 1. The lowest BCUT2D eigenvalue weighted by Crippen LogP contribution is -2.29. The van der Waals surface area contributed by atoms with E-state index in [-0.39, 0.29) is 17.3 Å². The van der Waals surface area contributed by atoms with Crippen LogP contribution in [-0.2, 0) is 9.59 Å².